The maximum Gasteiger partial charge on any atom is 0.249 e. The lowest BCUT2D eigenvalue weighted by atomic mass is 10.0. The van der Waals surface area contributed by atoms with Crippen molar-refractivity contribution in [3.8, 4) is 0 Å². The zero-order valence-corrected chi connectivity index (χ0v) is 17.2. The molecule has 4 rings (SSSR count). The number of hydrogen-bond donors (Lipinski definition) is 2. The molecule has 152 valence electrons. The fourth-order valence-corrected chi connectivity index (χ4v) is 4.14. The van der Waals surface area contributed by atoms with Crippen LogP contribution in [-0.2, 0) is 17.8 Å². The maximum atomic E-state index is 12.1. The zero-order chi connectivity index (χ0) is 21.3. The van der Waals surface area contributed by atoms with Crippen LogP contribution in [0.3, 0.4) is 0 Å². The predicted octanol–water partition coefficient (Wildman–Crippen LogP) is 4.85. The van der Waals surface area contributed by atoms with E-state index in [-0.39, 0.29) is 5.91 Å². The molecule has 0 saturated carbocycles. The Morgan fingerprint density at radius 2 is 1.77 bits per heavy atom. The Labute approximate surface area is 175 Å². The summed E-state index contributed by atoms with van der Waals surface area (Å²) < 4.78 is 2.23. The topological polar surface area (TPSA) is 77.1 Å². The standard InChI is InChI=1S/C25H25N3O2/c1-3-6-17-11-12-20-23(14-17)28(22-10-5-9-21(24(20)22)25(26)30)15-18-7-4-8-19(13-18)27-16(2)29/h4-5,7-14H,3,6,15H2,1-2H3,(H2,26,30)(H,27,29). The molecule has 0 atom stereocenters. The molecule has 0 radical (unpaired) electrons. The number of nitrogens with one attached hydrogen (secondary N) is 1. The van der Waals surface area contributed by atoms with E-state index in [0.717, 1.165) is 45.9 Å². The van der Waals surface area contributed by atoms with E-state index in [1.54, 1.807) is 6.07 Å². The summed E-state index contributed by atoms with van der Waals surface area (Å²) in [7, 11) is 0. The predicted molar refractivity (Wildman–Crippen MR) is 122 cm³/mol. The fourth-order valence-electron chi connectivity index (χ4n) is 4.14. The summed E-state index contributed by atoms with van der Waals surface area (Å²) in [5, 5.41) is 4.75. The highest BCUT2D eigenvalue weighted by Gasteiger charge is 2.17. The minimum Gasteiger partial charge on any atom is -0.366 e. The molecule has 0 aliphatic heterocycles. The molecule has 2 amide bonds. The Morgan fingerprint density at radius 1 is 0.967 bits per heavy atom. The lowest BCUT2D eigenvalue weighted by Gasteiger charge is -2.11. The van der Waals surface area contributed by atoms with E-state index < -0.39 is 5.91 Å². The zero-order valence-electron chi connectivity index (χ0n) is 17.2. The molecule has 0 spiro atoms. The Hall–Kier alpha value is -3.60. The molecular formula is C25H25N3O2. The van der Waals surface area contributed by atoms with Gasteiger partial charge in [0.2, 0.25) is 11.8 Å². The third kappa shape index (κ3) is 3.66. The monoisotopic (exact) mass is 399 g/mol. The lowest BCUT2D eigenvalue weighted by Crippen LogP contribution is -2.11. The first kappa shape index (κ1) is 19.7. The fraction of sp³-hybridized carbons (Fsp3) is 0.200. The van der Waals surface area contributed by atoms with Crippen LogP contribution in [0.25, 0.3) is 21.8 Å². The van der Waals surface area contributed by atoms with Gasteiger partial charge in [-0.25, -0.2) is 0 Å². The molecule has 0 unspecified atom stereocenters. The van der Waals surface area contributed by atoms with Crippen LogP contribution in [0.2, 0.25) is 0 Å². The van der Waals surface area contributed by atoms with Crippen molar-refractivity contribution in [1.82, 2.24) is 4.57 Å². The summed E-state index contributed by atoms with van der Waals surface area (Å²) in [4.78, 5) is 23.5. The number of nitrogens with zero attached hydrogens (tertiary/aromatic N) is 1. The van der Waals surface area contributed by atoms with Gasteiger partial charge < -0.3 is 15.6 Å². The van der Waals surface area contributed by atoms with E-state index >= 15 is 0 Å². The highest BCUT2D eigenvalue weighted by Crippen LogP contribution is 2.33. The number of benzene rings is 3. The third-order valence-corrected chi connectivity index (χ3v) is 5.35. The smallest absolute Gasteiger partial charge is 0.249 e. The van der Waals surface area contributed by atoms with Crippen molar-refractivity contribution in [2.45, 2.75) is 33.2 Å². The van der Waals surface area contributed by atoms with E-state index in [4.69, 9.17) is 5.73 Å². The van der Waals surface area contributed by atoms with Crippen LogP contribution in [-0.4, -0.2) is 16.4 Å². The van der Waals surface area contributed by atoms with Gasteiger partial charge in [-0.05, 0) is 47.9 Å². The number of carbonyl (C=O) groups excluding carboxylic acids is 2. The number of primary amides is 1. The number of carbonyl (C=O) groups is 2. The van der Waals surface area contributed by atoms with Crippen LogP contribution in [0.4, 0.5) is 5.69 Å². The molecule has 5 heteroatoms. The molecule has 0 aliphatic rings. The van der Waals surface area contributed by atoms with Gasteiger partial charge in [0.25, 0.3) is 0 Å². The number of nitrogens with two attached hydrogens (primary N) is 1. The summed E-state index contributed by atoms with van der Waals surface area (Å²) >= 11 is 0. The SMILES string of the molecule is CCCc1ccc2c3c(C(N)=O)cccc3n(Cc3cccc(NC(C)=O)c3)c2c1. The van der Waals surface area contributed by atoms with Crippen LogP contribution < -0.4 is 11.1 Å². The van der Waals surface area contributed by atoms with Gasteiger partial charge in [-0.15, -0.1) is 0 Å². The first-order valence-corrected chi connectivity index (χ1v) is 10.2. The van der Waals surface area contributed by atoms with Crippen molar-refractivity contribution >= 4 is 39.3 Å². The van der Waals surface area contributed by atoms with E-state index in [0.29, 0.717) is 12.1 Å². The minimum atomic E-state index is -0.426. The van der Waals surface area contributed by atoms with Crippen LogP contribution >= 0.6 is 0 Å². The third-order valence-electron chi connectivity index (χ3n) is 5.35. The first-order valence-electron chi connectivity index (χ1n) is 10.2. The second kappa shape index (κ2) is 8.03. The number of hydrogen-bond acceptors (Lipinski definition) is 2. The number of aryl methyl sites for hydroxylation is 1. The molecule has 0 saturated heterocycles. The molecule has 0 bridgehead atoms. The van der Waals surface area contributed by atoms with Crippen molar-refractivity contribution in [3.63, 3.8) is 0 Å². The Balaban J connectivity index is 1.93. The maximum absolute atomic E-state index is 12.1. The summed E-state index contributed by atoms with van der Waals surface area (Å²) in [5.41, 5.74) is 11.4. The van der Waals surface area contributed by atoms with Gasteiger partial charge in [0.05, 0.1) is 5.52 Å². The van der Waals surface area contributed by atoms with Crippen LogP contribution in [0.15, 0.2) is 60.7 Å². The van der Waals surface area contributed by atoms with E-state index in [2.05, 4.69) is 35.0 Å². The normalized spacial score (nSPS) is 11.1. The number of anilines is 1. The number of aromatic nitrogens is 1. The molecule has 1 heterocycles. The van der Waals surface area contributed by atoms with Crippen molar-refractivity contribution < 1.29 is 9.59 Å². The van der Waals surface area contributed by atoms with E-state index in [1.165, 1.54) is 12.5 Å². The van der Waals surface area contributed by atoms with Gasteiger partial charge in [0.15, 0.2) is 0 Å². The van der Waals surface area contributed by atoms with Gasteiger partial charge in [-0.1, -0.05) is 43.7 Å². The number of amides is 2. The average molecular weight is 399 g/mol. The second-order valence-electron chi connectivity index (χ2n) is 7.63. The van der Waals surface area contributed by atoms with Gasteiger partial charge in [0.1, 0.15) is 0 Å². The molecule has 5 nitrogen and oxygen atoms in total. The lowest BCUT2D eigenvalue weighted by molar-refractivity contribution is -0.114. The van der Waals surface area contributed by atoms with Gasteiger partial charge in [0, 0.05) is 41.0 Å². The molecule has 3 N–H and O–H groups in total. The summed E-state index contributed by atoms with van der Waals surface area (Å²) in [6.45, 7) is 4.28. The molecule has 1 aromatic heterocycles. The number of rotatable bonds is 6. The Bertz CT molecular complexity index is 1270. The largest absolute Gasteiger partial charge is 0.366 e. The summed E-state index contributed by atoms with van der Waals surface area (Å²) in [5.74, 6) is -0.524. The first-order chi connectivity index (χ1) is 14.5. The number of fused-ring (bicyclic) bond motifs is 3. The minimum absolute atomic E-state index is 0.0979. The molecule has 4 aromatic rings. The second-order valence-corrected chi connectivity index (χ2v) is 7.63. The summed E-state index contributed by atoms with van der Waals surface area (Å²) in [6.07, 6.45) is 2.06. The van der Waals surface area contributed by atoms with Gasteiger partial charge in [-0.3, -0.25) is 9.59 Å². The molecular weight excluding hydrogens is 374 g/mol. The van der Waals surface area contributed by atoms with Crippen molar-refractivity contribution in [1.29, 1.82) is 0 Å². The molecule has 3 aromatic carbocycles. The summed E-state index contributed by atoms with van der Waals surface area (Å²) in [6, 6.07) is 19.9. The van der Waals surface area contributed by atoms with Gasteiger partial charge >= 0.3 is 0 Å². The Morgan fingerprint density at radius 3 is 2.50 bits per heavy atom. The van der Waals surface area contributed by atoms with Crippen molar-refractivity contribution in [2.75, 3.05) is 5.32 Å². The average Bonchev–Trinajstić information content (AvgIpc) is 3.01. The van der Waals surface area contributed by atoms with E-state index in [1.807, 2.05) is 36.4 Å². The van der Waals surface area contributed by atoms with Crippen LogP contribution in [0, 0.1) is 0 Å². The van der Waals surface area contributed by atoms with Crippen LogP contribution in [0.5, 0.6) is 0 Å². The quantitative estimate of drug-likeness (QED) is 0.486. The van der Waals surface area contributed by atoms with E-state index in [9.17, 15) is 9.59 Å². The van der Waals surface area contributed by atoms with Crippen molar-refractivity contribution in [2.24, 2.45) is 5.73 Å². The Kier molecular flexibility index (Phi) is 5.27. The molecule has 0 aliphatic carbocycles. The highest BCUT2D eigenvalue weighted by atomic mass is 16.1. The van der Waals surface area contributed by atoms with Gasteiger partial charge in [-0.2, -0.15) is 0 Å². The van der Waals surface area contributed by atoms with Crippen LogP contribution in [0.1, 0.15) is 41.8 Å². The highest BCUT2D eigenvalue weighted by molar-refractivity contribution is 6.18. The van der Waals surface area contributed by atoms with Crippen molar-refractivity contribution in [3.05, 3.63) is 77.4 Å². The molecule has 30 heavy (non-hydrogen) atoms. The molecule has 0 fully saturated rings.